The minimum absolute atomic E-state index is 0.171. The van der Waals surface area contributed by atoms with Crippen molar-refractivity contribution in [1.29, 1.82) is 0 Å². The van der Waals surface area contributed by atoms with Crippen molar-refractivity contribution in [3.05, 3.63) is 36.0 Å². The highest BCUT2D eigenvalue weighted by atomic mass is 32.2. The van der Waals surface area contributed by atoms with Crippen LogP contribution in [-0.2, 0) is 4.79 Å². The number of carbonyl (C=O) groups is 1. The molecule has 28 heavy (non-hydrogen) atoms. The lowest BCUT2D eigenvalue weighted by molar-refractivity contribution is -0.113. The molecule has 3 aromatic heterocycles. The van der Waals surface area contributed by atoms with Gasteiger partial charge in [-0.05, 0) is 24.3 Å². The Hall–Kier alpha value is -3.18. The summed E-state index contributed by atoms with van der Waals surface area (Å²) in [4.78, 5) is 31.9. The third-order valence-corrected chi connectivity index (χ3v) is 5.40. The van der Waals surface area contributed by atoms with E-state index in [1.165, 1.54) is 29.4 Å². The molecule has 11 heteroatoms. The van der Waals surface area contributed by atoms with Crippen LogP contribution >= 0.6 is 23.1 Å². The molecule has 0 bridgehead atoms. The molecule has 0 radical (unpaired) electrons. The topological polar surface area (TPSA) is 132 Å². The predicted molar refractivity (Wildman–Crippen MR) is 110 cm³/mol. The van der Waals surface area contributed by atoms with Gasteiger partial charge in [-0.2, -0.15) is 0 Å². The first-order valence-corrected chi connectivity index (χ1v) is 9.97. The largest absolute Gasteiger partial charge is 0.497 e. The molecule has 0 unspecified atom stereocenters. The van der Waals surface area contributed by atoms with Gasteiger partial charge >= 0.3 is 0 Å². The van der Waals surface area contributed by atoms with Crippen molar-refractivity contribution in [3.8, 4) is 17.0 Å². The third-order valence-electron chi connectivity index (χ3n) is 3.77. The molecule has 0 atom stereocenters. The van der Waals surface area contributed by atoms with Crippen molar-refractivity contribution in [2.75, 3.05) is 23.9 Å². The lowest BCUT2D eigenvalue weighted by Gasteiger charge is -2.01. The molecule has 4 rings (SSSR count). The molecular weight excluding hydrogens is 398 g/mol. The first-order valence-electron chi connectivity index (χ1n) is 8.11. The molecule has 0 saturated carbocycles. The second-order valence-corrected chi connectivity index (χ2v) is 7.42. The number of ether oxygens (including phenoxy) is 1. The summed E-state index contributed by atoms with van der Waals surface area (Å²) in [6.45, 7) is 0. The number of anilines is 2. The summed E-state index contributed by atoms with van der Waals surface area (Å²) in [7, 11) is 1.62. The molecule has 0 spiro atoms. The van der Waals surface area contributed by atoms with Crippen LogP contribution < -0.4 is 15.8 Å². The number of amides is 1. The number of hydrogen-bond acceptors (Lipinski definition) is 9. The van der Waals surface area contributed by atoms with E-state index in [-0.39, 0.29) is 11.7 Å². The quantitative estimate of drug-likeness (QED) is 0.411. The van der Waals surface area contributed by atoms with Gasteiger partial charge in [0.2, 0.25) is 5.91 Å². The van der Waals surface area contributed by atoms with Crippen molar-refractivity contribution in [1.82, 2.24) is 24.9 Å². The number of thioether (sulfide) groups is 1. The van der Waals surface area contributed by atoms with Crippen LogP contribution in [0.15, 0.2) is 41.1 Å². The lowest BCUT2D eigenvalue weighted by atomic mass is 10.2. The highest BCUT2D eigenvalue weighted by Crippen LogP contribution is 2.27. The van der Waals surface area contributed by atoms with Gasteiger partial charge in [-0.1, -0.05) is 11.8 Å². The Morgan fingerprint density at radius 3 is 2.86 bits per heavy atom. The van der Waals surface area contributed by atoms with E-state index in [9.17, 15) is 4.79 Å². The summed E-state index contributed by atoms with van der Waals surface area (Å²) < 4.78 is 5.15. The Labute approximate surface area is 167 Å². The molecule has 0 fully saturated rings. The molecule has 142 valence electrons. The average molecular weight is 413 g/mol. The van der Waals surface area contributed by atoms with E-state index in [1.807, 2.05) is 29.6 Å². The molecule has 4 N–H and O–H groups in total. The predicted octanol–water partition coefficient (Wildman–Crippen LogP) is 2.80. The van der Waals surface area contributed by atoms with Crippen molar-refractivity contribution < 1.29 is 9.53 Å². The summed E-state index contributed by atoms with van der Waals surface area (Å²) in [6, 6.07) is 7.58. The van der Waals surface area contributed by atoms with E-state index in [0.717, 1.165) is 17.0 Å². The zero-order chi connectivity index (χ0) is 19.5. The van der Waals surface area contributed by atoms with Crippen LogP contribution in [-0.4, -0.2) is 43.7 Å². The molecule has 0 aliphatic heterocycles. The van der Waals surface area contributed by atoms with Crippen LogP contribution in [0.4, 0.5) is 10.9 Å². The molecule has 3 heterocycles. The number of carbonyl (C=O) groups excluding carboxylic acids is 1. The van der Waals surface area contributed by atoms with Crippen LogP contribution in [0.5, 0.6) is 5.75 Å². The number of fused-ring (bicyclic) bond motifs is 1. The molecule has 1 amide bonds. The van der Waals surface area contributed by atoms with Crippen LogP contribution in [0.3, 0.4) is 0 Å². The van der Waals surface area contributed by atoms with Gasteiger partial charge in [0, 0.05) is 10.9 Å². The summed E-state index contributed by atoms with van der Waals surface area (Å²) in [6.07, 6.45) is 1.35. The monoisotopic (exact) mass is 413 g/mol. The van der Waals surface area contributed by atoms with E-state index in [1.54, 1.807) is 7.11 Å². The highest BCUT2D eigenvalue weighted by molar-refractivity contribution is 7.99. The Bertz CT molecular complexity index is 1120. The van der Waals surface area contributed by atoms with Crippen LogP contribution in [0.2, 0.25) is 0 Å². The minimum atomic E-state index is -0.180. The lowest BCUT2D eigenvalue weighted by Crippen LogP contribution is -2.13. The number of nitrogens with one attached hydrogen (secondary N) is 2. The fraction of sp³-hybridized carbons (Fsp3) is 0.118. The van der Waals surface area contributed by atoms with Crippen molar-refractivity contribution in [3.63, 3.8) is 0 Å². The number of methoxy groups -OCH3 is 1. The summed E-state index contributed by atoms with van der Waals surface area (Å²) >= 11 is 2.62. The second kappa shape index (κ2) is 7.82. The SMILES string of the molecule is COc1ccc(-c2csc(NC(=O)CSc3nc4ncnc(N)c4[nH]3)n2)cc1. The van der Waals surface area contributed by atoms with Crippen molar-refractivity contribution >= 4 is 51.1 Å². The molecule has 0 aliphatic rings. The third kappa shape index (κ3) is 3.89. The van der Waals surface area contributed by atoms with Gasteiger partial charge in [-0.3, -0.25) is 4.79 Å². The zero-order valence-corrected chi connectivity index (χ0v) is 16.3. The van der Waals surface area contributed by atoms with Gasteiger partial charge in [0.25, 0.3) is 0 Å². The summed E-state index contributed by atoms with van der Waals surface area (Å²) in [5.41, 5.74) is 8.55. The molecule has 9 nitrogen and oxygen atoms in total. The van der Waals surface area contributed by atoms with E-state index < -0.39 is 0 Å². The fourth-order valence-corrected chi connectivity index (χ4v) is 3.81. The number of thiazole rings is 1. The van der Waals surface area contributed by atoms with Gasteiger partial charge in [-0.25, -0.2) is 19.9 Å². The Morgan fingerprint density at radius 2 is 2.11 bits per heavy atom. The standard InChI is InChI=1S/C17H15N7O2S2/c1-26-10-4-2-9(3-5-10)11-6-27-16(21-11)22-12(25)7-28-17-23-13-14(18)19-8-20-15(13)24-17/h2-6,8H,7H2,1H3,(H,21,22,25)(H3,18,19,20,23,24). The number of hydrogen-bond donors (Lipinski definition) is 3. The number of rotatable bonds is 6. The van der Waals surface area contributed by atoms with Crippen molar-refractivity contribution in [2.45, 2.75) is 5.16 Å². The molecule has 1 aromatic carbocycles. The molecule has 4 aromatic rings. The number of H-pyrrole nitrogens is 1. The van der Waals surface area contributed by atoms with Crippen molar-refractivity contribution in [2.24, 2.45) is 0 Å². The maximum Gasteiger partial charge on any atom is 0.236 e. The molecular formula is C17H15N7O2S2. The summed E-state index contributed by atoms with van der Waals surface area (Å²) in [5, 5.41) is 5.78. The van der Waals surface area contributed by atoms with E-state index in [4.69, 9.17) is 10.5 Å². The number of nitrogens with two attached hydrogens (primary N) is 1. The van der Waals surface area contributed by atoms with E-state index in [0.29, 0.717) is 27.3 Å². The average Bonchev–Trinajstić information content (AvgIpc) is 3.34. The van der Waals surface area contributed by atoms with E-state index in [2.05, 4.69) is 30.2 Å². The Morgan fingerprint density at radius 1 is 1.29 bits per heavy atom. The smallest absolute Gasteiger partial charge is 0.236 e. The van der Waals surface area contributed by atoms with Gasteiger partial charge < -0.3 is 20.8 Å². The zero-order valence-electron chi connectivity index (χ0n) is 14.7. The second-order valence-electron chi connectivity index (χ2n) is 5.60. The molecule has 0 saturated heterocycles. The summed E-state index contributed by atoms with van der Waals surface area (Å²) in [5.74, 6) is 1.09. The first kappa shape index (κ1) is 18.2. The molecule has 0 aliphatic carbocycles. The number of imidazole rings is 1. The van der Waals surface area contributed by atoms with Crippen LogP contribution in [0.1, 0.15) is 0 Å². The number of aromatic amines is 1. The number of aromatic nitrogens is 5. The van der Waals surface area contributed by atoms with Gasteiger partial charge in [0.1, 0.15) is 17.6 Å². The maximum absolute atomic E-state index is 12.2. The Balaban J connectivity index is 1.37. The van der Waals surface area contributed by atoms with E-state index >= 15 is 0 Å². The maximum atomic E-state index is 12.2. The first-order chi connectivity index (χ1) is 13.6. The van der Waals surface area contributed by atoms with Gasteiger partial charge in [0.15, 0.2) is 21.8 Å². The Kier molecular flexibility index (Phi) is 5.08. The van der Waals surface area contributed by atoms with Gasteiger partial charge in [-0.15, -0.1) is 11.3 Å². The highest BCUT2D eigenvalue weighted by Gasteiger charge is 2.12. The fourth-order valence-electron chi connectivity index (χ4n) is 2.41. The van der Waals surface area contributed by atoms with Crippen LogP contribution in [0, 0.1) is 0 Å². The normalized spacial score (nSPS) is 10.9. The number of nitrogen functional groups attached to an aromatic ring is 1. The van der Waals surface area contributed by atoms with Gasteiger partial charge in [0.05, 0.1) is 18.6 Å². The van der Waals surface area contributed by atoms with Crippen LogP contribution in [0.25, 0.3) is 22.4 Å². The minimum Gasteiger partial charge on any atom is -0.497 e. The number of nitrogens with zero attached hydrogens (tertiary/aromatic N) is 4. The number of benzene rings is 1.